The van der Waals surface area contributed by atoms with E-state index in [-0.39, 0.29) is 11.6 Å². The van der Waals surface area contributed by atoms with E-state index in [9.17, 15) is 10.1 Å². The van der Waals surface area contributed by atoms with Crippen molar-refractivity contribution < 1.29 is 4.92 Å². The van der Waals surface area contributed by atoms with E-state index in [2.05, 4.69) is 27.2 Å². The number of nitro groups is 1. The Hall–Kier alpha value is -2.27. The fraction of sp³-hybridized carbons (Fsp3) is 0.385. The van der Waals surface area contributed by atoms with E-state index >= 15 is 0 Å². The van der Waals surface area contributed by atoms with Gasteiger partial charge in [-0.05, 0) is 6.42 Å². The number of nitrogens with two attached hydrogens (primary N) is 2. The molecule has 24 heavy (non-hydrogen) atoms. The van der Waals surface area contributed by atoms with Crippen LogP contribution in [0, 0.1) is 10.1 Å². The number of aromatic nitrogens is 2. The molecule has 9 nitrogen and oxygen atoms in total. The highest BCUT2D eigenvalue weighted by molar-refractivity contribution is 7.99. The fourth-order valence-corrected chi connectivity index (χ4v) is 3.72. The maximum Gasteiger partial charge on any atom is 0.310 e. The van der Waals surface area contributed by atoms with Crippen LogP contribution in [-0.4, -0.2) is 32.6 Å². The second-order valence-corrected chi connectivity index (χ2v) is 7.00. The van der Waals surface area contributed by atoms with Crippen LogP contribution in [0.5, 0.6) is 0 Å². The molecule has 1 atom stereocenters. The number of thiazole rings is 1. The van der Waals surface area contributed by atoms with Gasteiger partial charge in [0, 0.05) is 35.2 Å². The van der Waals surface area contributed by atoms with Gasteiger partial charge in [-0.3, -0.25) is 10.1 Å². The van der Waals surface area contributed by atoms with E-state index in [0.29, 0.717) is 22.7 Å². The highest BCUT2D eigenvalue weighted by Crippen LogP contribution is 2.26. The topological polar surface area (TPSA) is 148 Å². The monoisotopic (exact) mass is 369 g/mol. The molecule has 1 unspecified atom stereocenters. The first-order chi connectivity index (χ1) is 11.5. The number of nitrogens with one attached hydrogen (secondary N) is 2. The van der Waals surface area contributed by atoms with Gasteiger partial charge in [-0.15, -0.1) is 11.3 Å². The molecule has 0 aliphatic heterocycles. The second kappa shape index (κ2) is 8.55. The molecule has 0 saturated heterocycles. The van der Waals surface area contributed by atoms with Gasteiger partial charge in [0.1, 0.15) is 0 Å². The summed E-state index contributed by atoms with van der Waals surface area (Å²) in [7, 11) is 0. The van der Waals surface area contributed by atoms with Crippen LogP contribution in [-0.2, 0) is 5.75 Å². The van der Waals surface area contributed by atoms with Crippen LogP contribution in [0.15, 0.2) is 22.6 Å². The van der Waals surface area contributed by atoms with Crippen LogP contribution in [0.3, 0.4) is 0 Å². The summed E-state index contributed by atoms with van der Waals surface area (Å²) in [4.78, 5) is 21.6. The average Bonchev–Trinajstić information content (AvgIpc) is 3.16. The minimum Gasteiger partial charge on any atom is -0.370 e. The Morgan fingerprint density at radius 3 is 3.08 bits per heavy atom. The second-order valence-electron chi connectivity index (χ2n) is 4.88. The number of rotatable bonds is 9. The number of aromatic amines is 1. The van der Waals surface area contributed by atoms with E-state index in [1.807, 2.05) is 5.38 Å². The molecular weight excluding hydrogens is 350 g/mol. The third-order valence-corrected chi connectivity index (χ3v) is 5.33. The van der Waals surface area contributed by atoms with Gasteiger partial charge in [-0.1, -0.05) is 6.92 Å². The predicted molar refractivity (Wildman–Crippen MR) is 98.9 cm³/mol. The average molecular weight is 369 g/mol. The predicted octanol–water partition coefficient (Wildman–Crippen LogP) is 2.41. The summed E-state index contributed by atoms with van der Waals surface area (Å²) < 4.78 is 0. The zero-order valence-corrected chi connectivity index (χ0v) is 14.7. The standard InChI is InChI=1S/C13H19N7O2S2/c1-2-9(5-17-11-10(20(21)22)3-4-16-11)23-6-8-7-24-13(18-8)19-12(14)15/h3-4,7,9,16-17H,2,5-6H2,1H3,(H4,14,15,18,19). The molecule has 130 valence electrons. The lowest BCUT2D eigenvalue weighted by molar-refractivity contribution is -0.383. The Balaban J connectivity index is 1.86. The molecule has 0 bridgehead atoms. The number of hydrogen-bond acceptors (Lipinski definition) is 7. The molecule has 2 aromatic heterocycles. The molecule has 0 spiro atoms. The van der Waals surface area contributed by atoms with E-state index in [4.69, 9.17) is 11.5 Å². The lowest BCUT2D eigenvalue weighted by Crippen LogP contribution is -2.21. The molecule has 0 aliphatic carbocycles. The van der Waals surface area contributed by atoms with Crippen LogP contribution in [0.1, 0.15) is 19.0 Å². The van der Waals surface area contributed by atoms with Gasteiger partial charge in [-0.2, -0.15) is 16.8 Å². The summed E-state index contributed by atoms with van der Waals surface area (Å²) in [5.74, 6) is 1.15. The summed E-state index contributed by atoms with van der Waals surface area (Å²) in [6.45, 7) is 2.70. The Morgan fingerprint density at radius 2 is 2.42 bits per heavy atom. The van der Waals surface area contributed by atoms with Crippen molar-refractivity contribution in [3.63, 3.8) is 0 Å². The van der Waals surface area contributed by atoms with E-state index in [1.54, 1.807) is 18.0 Å². The Kier molecular flexibility index (Phi) is 6.44. The molecule has 11 heteroatoms. The van der Waals surface area contributed by atoms with Gasteiger partial charge in [0.25, 0.3) is 0 Å². The SMILES string of the molecule is CCC(CNc1[nH]ccc1[N+](=O)[O-])SCc1csc(N=C(N)N)n1. The molecule has 2 heterocycles. The first-order valence-electron chi connectivity index (χ1n) is 7.20. The summed E-state index contributed by atoms with van der Waals surface area (Å²) in [5.41, 5.74) is 11.6. The van der Waals surface area contributed by atoms with E-state index < -0.39 is 4.92 Å². The molecule has 0 fully saturated rings. The summed E-state index contributed by atoms with van der Waals surface area (Å²) in [6, 6.07) is 1.44. The molecule has 0 aromatic carbocycles. The number of hydrogen-bond donors (Lipinski definition) is 4. The van der Waals surface area contributed by atoms with Crippen molar-refractivity contribution in [1.29, 1.82) is 0 Å². The first-order valence-corrected chi connectivity index (χ1v) is 9.13. The number of H-pyrrole nitrogens is 1. The molecule has 2 rings (SSSR count). The quantitative estimate of drug-likeness (QED) is 0.229. The lowest BCUT2D eigenvalue weighted by Gasteiger charge is -2.14. The van der Waals surface area contributed by atoms with Crippen molar-refractivity contribution in [3.8, 4) is 0 Å². The van der Waals surface area contributed by atoms with Gasteiger partial charge in [0.2, 0.25) is 5.13 Å². The van der Waals surface area contributed by atoms with Crippen molar-refractivity contribution in [1.82, 2.24) is 9.97 Å². The Morgan fingerprint density at radius 1 is 1.62 bits per heavy atom. The Bertz CT molecular complexity index is 709. The fourth-order valence-electron chi connectivity index (χ4n) is 1.92. The molecule has 6 N–H and O–H groups in total. The molecule has 2 aromatic rings. The summed E-state index contributed by atoms with van der Waals surface area (Å²) in [5, 5.41) is 16.7. The summed E-state index contributed by atoms with van der Waals surface area (Å²) in [6.07, 6.45) is 2.48. The normalized spacial score (nSPS) is 11.9. The summed E-state index contributed by atoms with van der Waals surface area (Å²) >= 11 is 3.12. The van der Waals surface area contributed by atoms with Gasteiger partial charge in [-0.25, -0.2) is 4.98 Å². The number of anilines is 1. The third kappa shape index (κ3) is 5.13. The smallest absolute Gasteiger partial charge is 0.310 e. The number of thioether (sulfide) groups is 1. The Labute approximate surface area is 147 Å². The van der Waals surface area contributed by atoms with Gasteiger partial charge in [0.15, 0.2) is 11.8 Å². The number of guanidine groups is 1. The van der Waals surface area contributed by atoms with E-state index in [0.717, 1.165) is 17.9 Å². The number of nitrogens with zero attached hydrogens (tertiary/aromatic N) is 3. The minimum absolute atomic E-state index is 0.00766. The zero-order chi connectivity index (χ0) is 17.5. The zero-order valence-electron chi connectivity index (χ0n) is 13.1. The maximum absolute atomic E-state index is 10.9. The van der Waals surface area contributed by atoms with Crippen LogP contribution in [0.2, 0.25) is 0 Å². The van der Waals surface area contributed by atoms with Crippen LogP contribution < -0.4 is 16.8 Å². The van der Waals surface area contributed by atoms with Crippen molar-refractivity contribution in [2.75, 3.05) is 11.9 Å². The molecule has 0 radical (unpaired) electrons. The first kappa shape index (κ1) is 18.1. The minimum atomic E-state index is -0.409. The van der Waals surface area contributed by atoms with Crippen LogP contribution in [0.4, 0.5) is 16.6 Å². The van der Waals surface area contributed by atoms with Crippen molar-refractivity contribution in [3.05, 3.63) is 33.5 Å². The van der Waals surface area contributed by atoms with Crippen LogP contribution >= 0.6 is 23.1 Å². The highest BCUT2D eigenvalue weighted by atomic mass is 32.2. The third-order valence-electron chi connectivity index (χ3n) is 3.11. The van der Waals surface area contributed by atoms with Crippen molar-refractivity contribution in [2.45, 2.75) is 24.3 Å². The van der Waals surface area contributed by atoms with Gasteiger partial charge >= 0.3 is 5.69 Å². The lowest BCUT2D eigenvalue weighted by atomic mass is 10.3. The van der Waals surface area contributed by atoms with Crippen molar-refractivity contribution >= 4 is 45.7 Å². The molecule has 0 amide bonds. The van der Waals surface area contributed by atoms with E-state index in [1.165, 1.54) is 17.4 Å². The molecule has 0 aliphatic rings. The van der Waals surface area contributed by atoms with Crippen molar-refractivity contribution in [2.24, 2.45) is 16.5 Å². The van der Waals surface area contributed by atoms with Gasteiger partial charge < -0.3 is 21.8 Å². The maximum atomic E-state index is 10.9. The molecule has 0 saturated carbocycles. The molecular formula is C13H19N7O2S2. The van der Waals surface area contributed by atoms with Gasteiger partial charge in [0.05, 0.1) is 10.6 Å². The largest absolute Gasteiger partial charge is 0.370 e. The van der Waals surface area contributed by atoms with Crippen LogP contribution in [0.25, 0.3) is 0 Å². The number of aliphatic imine (C=N–C) groups is 1. The highest BCUT2D eigenvalue weighted by Gasteiger charge is 2.16.